The summed E-state index contributed by atoms with van der Waals surface area (Å²) in [4.78, 5) is 5.49. The van der Waals surface area contributed by atoms with Crippen LogP contribution in [0.15, 0.2) is 6.07 Å². The van der Waals surface area contributed by atoms with Gasteiger partial charge in [-0.15, -0.1) is 0 Å². The van der Waals surface area contributed by atoms with E-state index in [0.29, 0.717) is 25.9 Å². The lowest BCUT2D eigenvalue weighted by molar-refractivity contribution is 0.0349. The van der Waals surface area contributed by atoms with Crippen molar-refractivity contribution in [2.45, 2.75) is 25.4 Å². The quantitative estimate of drug-likeness (QED) is 0.545. The van der Waals surface area contributed by atoms with Crippen LogP contribution < -0.4 is 16.2 Å². The van der Waals surface area contributed by atoms with Crippen LogP contribution in [-0.2, 0) is 0 Å². The van der Waals surface area contributed by atoms with Gasteiger partial charge in [-0.3, -0.25) is 0 Å². The summed E-state index contributed by atoms with van der Waals surface area (Å²) in [5, 5.41) is 9.82. The minimum atomic E-state index is -0.831. The number of anilines is 2. The Bertz CT molecular complexity index is 443. The molecule has 2 heterocycles. The fourth-order valence-corrected chi connectivity index (χ4v) is 1.98. The van der Waals surface area contributed by atoms with E-state index < -0.39 is 17.2 Å². The Kier molecular flexibility index (Phi) is 3.36. The molecule has 18 heavy (non-hydrogen) atoms. The van der Waals surface area contributed by atoms with Gasteiger partial charge in [0.15, 0.2) is 23.3 Å². The van der Waals surface area contributed by atoms with Crippen LogP contribution in [0.4, 0.5) is 20.4 Å². The van der Waals surface area contributed by atoms with E-state index in [-0.39, 0.29) is 11.6 Å². The van der Waals surface area contributed by atoms with Crippen molar-refractivity contribution in [2.75, 3.05) is 23.4 Å². The molecular formula is C11H16F2N4O. The maximum atomic E-state index is 13.7. The minimum absolute atomic E-state index is 0.0554. The van der Waals surface area contributed by atoms with Gasteiger partial charge in [0.2, 0.25) is 0 Å². The predicted molar refractivity (Wildman–Crippen MR) is 64.0 cm³/mol. The molecule has 4 N–H and O–H groups in total. The first-order valence-corrected chi connectivity index (χ1v) is 5.73. The smallest absolute Gasteiger partial charge is 0.178 e. The van der Waals surface area contributed by atoms with Gasteiger partial charge in [-0.25, -0.2) is 19.6 Å². The molecule has 0 aliphatic carbocycles. The largest absolute Gasteiger partial charge is 0.390 e. The molecule has 100 valence electrons. The number of aliphatic hydroxyl groups is 1. The van der Waals surface area contributed by atoms with Gasteiger partial charge in [-0.05, 0) is 19.8 Å². The summed E-state index contributed by atoms with van der Waals surface area (Å²) < 4.78 is 26.9. The Labute approximate surface area is 104 Å². The summed E-state index contributed by atoms with van der Waals surface area (Å²) in [5.74, 6) is 3.41. The molecule has 1 aromatic heterocycles. The number of nitrogens with two attached hydrogens (primary N) is 1. The van der Waals surface area contributed by atoms with Crippen LogP contribution in [-0.4, -0.2) is 28.8 Å². The van der Waals surface area contributed by atoms with Gasteiger partial charge in [0.25, 0.3) is 0 Å². The van der Waals surface area contributed by atoms with Crippen molar-refractivity contribution in [3.8, 4) is 0 Å². The molecule has 1 fully saturated rings. The van der Waals surface area contributed by atoms with Crippen molar-refractivity contribution in [2.24, 2.45) is 5.84 Å². The lowest BCUT2D eigenvalue weighted by atomic mass is 9.94. The molecule has 1 aliphatic heterocycles. The van der Waals surface area contributed by atoms with Crippen LogP contribution in [0.25, 0.3) is 0 Å². The number of nitrogens with zero attached hydrogens (tertiary/aromatic N) is 2. The monoisotopic (exact) mass is 258 g/mol. The molecule has 0 atom stereocenters. The normalized spacial score (nSPS) is 18.8. The molecule has 1 aromatic rings. The molecule has 0 amide bonds. The van der Waals surface area contributed by atoms with Gasteiger partial charge >= 0.3 is 0 Å². The van der Waals surface area contributed by atoms with Crippen LogP contribution in [0.1, 0.15) is 19.8 Å². The van der Waals surface area contributed by atoms with E-state index in [2.05, 4.69) is 10.4 Å². The van der Waals surface area contributed by atoms with Crippen LogP contribution in [0.2, 0.25) is 0 Å². The van der Waals surface area contributed by atoms with Crippen molar-refractivity contribution in [3.05, 3.63) is 17.7 Å². The zero-order valence-electron chi connectivity index (χ0n) is 10.1. The first kappa shape index (κ1) is 13.0. The second kappa shape index (κ2) is 4.66. The number of hydrogen-bond donors (Lipinski definition) is 3. The highest BCUT2D eigenvalue weighted by Gasteiger charge is 2.29. The molecule has 0 unspecified atom stereocenters. The molecule has 7 heteroatoms. The molecule has 2 rings (SSSR count). The molecule has 0 radical (unpaired) electrons. The summed E-state index contributed by atoms with van der Waals surface area (Å²) in [5.41, 5.74) is 1.36. The van der Waals surface area contributed by atoms with Crippen LogP contribution in [0.3, 0.4) is 0 Å². The molecular weight excluding hydrogens is 242 g/mol. The fourth-order valence-electron chi connectivity index (χ4n) is 1.98. The SMILES string of the molecule is CC1(O)CCN(c2nc(NN)c(F)cc2F)CC1. The number of rotatable bonds is 2. The minimum Gasteiger partial charge on any atom is -0.390 e. The van der Waals surface area contributed by atoms with E-state index in [1.54, 1.807) is 11.8 Å². The van der Waals surface area contributed by atoms with Gasteiger partial charge in [0.05, 0.1) is 5.60 Å². The van der Waals surface area contributed by atoms with Gasteiger partial charge in [0.1, 0.15) is 0 Å². The Morgan fingerprint density at radius 3 is 2.56 bits per heavy atom. The van der Waals surface area contributed by atoms with E-state index in [9.17, 15) is 13.9 Å². The summed E-state index contributed by atoms with van der Waals surface area (Å²) in [6.07, 6.45) is 1.02. The zero-order chi connectivity index (χ0) is 13.3. The van der Waals surface area contributed by atoms with E-state index in [4.69, 9.17) is 5.84 Å². The number of aromatic nitrogens is 1. The van der Waals surface area contributed by atoms with Gasteiger partial charge in [-0.2, -0.15) is 0 Å². The Morgan fingerprint density at radius 1 is 1.39 bits per heavy atom. The number of hydrogen-bond acceptors (Lipinski definition) is 5. The third-order valence-corrected chi connectivity index (χ3v) is 3.19. The average molecular weight is 258 g/mol. The Balaban J connectivity index is 2.24. The average Bonchev–Trinajstić information content (AvgIpc) is 2.30. The lowest BCUT2D eigenvalue weighted by Gasteiger charge is -2.36. The number of pyridine rings is 1. The Morgan fingerprint density at radius 2 is 2.00 bits per heavy atom. The number of piperidine rings is 1. The first-order chi connectivity index (χ1) is 8.43. The summed E-state index contributed by atoms with van der Waals surface area (Å²) in [6, 6.07) is 0.754. The van der Waals surface area contributed by atoms with Crippen LogP contribution in [0.5, 0.6) is 0 Å². The zero-order valence-corrected chi connectivity index (χ0v) is 10.1. The molecule has 1 saturated heterocycles. The molecule has 1 aliphatic rings. The van der Waals surface area contributed by atoms with E-state index in [1.807, 2.05) is 0 Å². The van der Waals surface area contributed by atoms with Crippen LogP contribution >= 0.6 is 0 Å². The number of nitrogens with one attached hydrogen (secondary N) is 1. The highest BCUT2D eigenvalue weighted by molar-refractivity contribution is 5.49. The molecule has 0 spiro atoms. The second-order valence-corrected chi connectivity index (χ2v) is 4.75. The van der Waals surface area contributed by atoms with E-state index in [1.165, 1.54) is 0 Å². The summed E-state index contributed by atoms with van der Waals surface area (Å²) >= 11 is 0. The van der Waals surface area contributed by atoms with E-state index in [0.717, 1.165) is 6.07 Å². The highest BCUT2D eigenvalue weighted by atomic mass is 19.1. The first-order valence-electron chi connectivity index (χ1n) is 5.73. The van der Waals surface area contributed by atoms with Crippen molar-refractivity contribution in [1.82, 2.24) is 4.98 Å². The van der Waals surface area contributed by atoms with Crippen molar-refractivity contribution in [1.29, 1.82) is 0 Å². The molecule has 5 nitrogen and oxygen atoms in total. The molecule has 0 bridgehead atoms. The molecule has 0 aromatic carbocycles. The number of hydrazine groups is 1. The topological polar surface area (TPSA) is 74.4 Å². The fraction of sp³-hybridized carbons (Fsp3) is 0.545. The van der Waals surface area contributed by atoms with Crippen LogP contribution in [0, 0.1) is 11.6 Å². The number of halogens is 2. The lowest BCUT2D eigenvalue weighted by Crippen LogP contribution is -2.43. The number of nitrogen functional groups attached to an aromatic ring is 1. The molecule has 0 saturated carbocycles. The summed E-state index contributed by atoms with van der Waals surface area (Å²) in [6.45, 7) is 2.67. The second-order valence-electron chi connectivity index (χ2n) is 4.75. The van der Waals surface area contributed by atoms with Gasteiger partial charge in [0, 0.05) is 19.2 Å². The Hall–Kier alpha value is -1.47. The van der Waals surface area contributed by atoms with Crippen molar-refractivity contribution >= 4 is 11.6 Å². The van der Waals surface area contributed by atoms with Crippen molar-refractivity contribution < 1.29 is 13.9 Å². The standard InChI is InChI=1S/C11H16F2N4O/c1-11(18)2-4-17(5-3-11)10-8(13)6-7(12)9(15-10)16-14/h6,18H,2-5,14H2,1H3,(H,15,16). The third-order valence-electron chi connectivity index (χ3n) is 3.19. The van der Waals surface area contributed by atoms with Crippen molar-refractivity contribution in [3.63, 3.8) is 0 Å². The van der Waals surface area contributed by atoms with E-state index >= 15 is 0 Å². The maximum absolute atomic E-state index is 13.7. The third kappa shape index (κ3) is 2.51. The van der Waals surface area contributed by atoms with Gasteiger partial charge in [-0.1, -0.05) is 0 Å². The van der Waals surface area contributed by atoms with Gasteiger partial charge < -0.3 is 15.4 Å². The predicted octanol–water partition coefficient (Wildman–Crippen LogP) is 0.997. The summed E-state index contributed by atoms with van der Waals surface area (Å²) in [7, 11) is 0. The highest BCUT2D eigenvalue weighted by Crippen LogP contribution is 2.28. The maximum Gasteiger partial charge on any atom is 0.178 e.